The van der Waals surface area contributed by atoms with Gasteiger partial charge in [-0.15, -0.1) is 24.0 Å². The van der Waals surface area contributed by atoms with Crippen LogP contribution in [0.5, 0.6) is 0 Å². The van der Waals surface area contributed by atoms with E-state index in [2.05, 4.69) is 9.88 Å². The molecule has 1 heterocycles. The van der Waals surface area contributed by atoms with Gasteiger partial charge in [0, 0.05) is 12.7 Å². The number of rotatable bonds is 3. The van der Waals surface area contributed by atoms with Gasteiger partial charge >= 0.3 is 0 Å². The van der Waals surface area contributed by atoms with Crippen LogP contribution in [0.1, 0.15) is 11.3 Å². The first-order valence-corrected chi connectivity index (χ1v) is 4.40. The summed E-state index contributed by atoms with van der Waals surface area (Å²) in [4.78, 5) is 6.23. The normalized spacial score (nSPS) is 9.85. The van der Waals surface area contributed by atoms with E-state index in [1.165, 1.54) is 5.56 Å². The van der Waals surface area contributed by atoms with Crippen molar-refractivity contribution in [2.75, 3.05) is 14.1 Å². The minimum atomic E-state index is 0. The smallest absolute Gasteiger partial charge is 0.0647 e. The van der Waals surface area contributed by atoms with E-state index in [9.17, 15) is 0 Å². The number of pyridine rings is 1. The van der Waals surface area contributed by atoms with Gasteiger partial charge < -0.3 is 4.90 Å². The molecule has 0 aliphatic carbocycles. The van der Waals surface area contributed by atoms with Crippen LogP contribution in [0.2, 0.25) is 0 Å². The van der Waals surface area contributed by atoms with Crippen LogP contribution in [0, 0.1) is 0 Å². The molecule has 0 bridgehead atoms. The molecule has 0 amide bonds. The van der Waals surface area contributed by atoms with Crippen molar-refractivity contribution >= 4 is 24.0 Å². The maximum Gasteiger partial charge on any atom is 0.0647 e. The molecule has 0 aliphatic rings. The van der Waals surface area contributed by atoms with Crippen molar-refractivity contribution in [3.8, 4) is 0 Å². The van der Waals surface area contributed by atoms with E-state index in [1.807, 2.05) is 26.2 Å². The van der Waals surface area contributed by atoms with Gasteiger partial charge in [0.15, 0.2) is 0 Å². The third-order valence-corrected chi connectivity index (χ3v) is 1.79. The van der Waals surface area contributed by atoms with Crippen molar-refractivity contribution in [3.63, 3.8) is 0 Å². The minimum absolute atomic E-state index is 0. The SMILES string of the molecule is CN(C)Cc1ccnc(CCl)c1.Cl. The van der Waals surface area contributed by atoms with Gasteiger partial charge in [0.25, 0.3) is 0 Å². The average Bonchev–Trinajstić information content (AvgIpc) is 2.03. The Labute approximate surface area is 90.3 Å². The Morgan fingerprint density at radius 3 is 2.69 bits per heavy atom. The summed E-state index contributed by atoms with van der Waals surface area (Å²) in [6, 6.07) is 4.04. The van der Waals surface area contributed by atoms with Gasteiger partial charge in [-0.05, 0) is 31.8 Å². The van der Waals surface area contributed by atoms with Crippen molar-refractivity contribution in [2.24, 2.45) is 0 Å². The highest BCUT2D eigenvalue weighted by Gasteiger charge is 1.96. The molecule has 1 aromatic rings. The molecule has 1 aromatic heterocycles. The van der Waals surface area contributed by atoms with Crippen LogP contribution in [-0.2, 0) is 12.4 Å². The molecule has 0 spiro atoms. The second kappa shape index (κ2) is 6.19. The molecule has 0 saturated carbocycles. The Hall–Kier alpha value is -0.310. The zero-order valence-electron chi connectivity index (χ0n) is 7.83. The number of hydrogen-bond donors (Lipinski definition) is 0. The number of nitrogens with zero attached hydrogens (tertiary/aromatic N) is 2. The third kappa shape index (κ3) is 4.46. The summed E-state index contributed by atoms with van der Waals surface area (Å²) in [6.07, 6.45) is 1.80. The zero-order chi connectivity index (χ0) is 8.97. The predicted octanol–water partition coefficient (Wildman–Crippen LogP) is 2.30. The second-order valence-corrected chi connectivity index (χ2v) is 3.29. The van der Waals surface area contributed by atoms with Gasteiger partial charge in [0.2, 0.25) is 0 Å². The van der Waals surface area contributed by atoms with Gasteiger partial charge in [-0.25, -0.2) is 0 Å². The predicted molar refractivity (Wildman–Crippen MR) is 58.4 cm³/mol. The molecule has 0 aromatic carbocycles. The van der Waals surface area contributed by atoms with Gasteiger partial charge in [0.1, 0.15) is 0 Å². The highest BCUT2D eigenvalue weighted by Crippen LogP contribution is 2.05. The maximum absolute atomic E-state index is 5.66. The summed E-state index contributed by atoms with van der Waals surface area (Å²) in [5, 5.41) is 0. The largest absolute Gasteiger partial charge is 0.305 e. The maximum atomic E-state index is 5.66. The number of halogens is 2. The monoisotopic (exact) mass is 220 g/mol. The summed E-state index contributed by atoms with van der Waals surface area (Å²) >= 11 is 5.66. The van der Waals surface area contributed by atoms with E-state index in [4.69, 9.17) is 11.6 Å². The summed E-state index contributed by atoms with van der Waals surface area (Å²) in [5.41, 5.74) is 2.20. The van der Waals surface area contributed by atoms with E-state index in [1.54, 1.807) is 6.20 Å². The molecular weight excluding hydrogens is 207 g/mol. The topological polar surface area (TPSA) is 16.1 Å². The lowest BCUT2D eigenvalue weighted by Gasteiger charge is -2.09. The number of alkyl halides is 1. The fraction of sp³-hybridized carbons (Fsp3) is 0.444. The molecule has 4 heteroatoms. The molecule has 13 heavy (non-hydrogen) atoms. The minimum Gasteiger partial charge on any atom is -0.305 e. The first-order chi connectivity index (χ1) is 5.72. The molecule has 0 aliphatic heterocycles. The highest BCUT2D eigenvalue weighted by atomic mass is 35.5. The van der Waals surface area contributed by atoms with Crippen molar-refractivity contribution < 1.29 is 0 Å². The fourth-order valence-corrected chi connectivity index (χ4v) is 1.21. The van der Waals surface area contributed by atoms with Crippen molar-refractivity contribution in [1.29, 1.82) is 0 Å². The Balaban J connectivity index is 0.00000144. The molecule has 0 unspecified atom stereocenters. The van der Waals surface area contributed by atoms with Crippen molar-refractivity contribution in [2.45, 2.75) is 12.4 Å². The third-order valence-electron chi connectivity index (χ3n) is 1.52. The molecule has 1 rings (SSSR count). The van der Waals surface area contributed by atoms with Gasteiger partial charge in [-0.2, -0.15) is 0 Å². The van der Waals surface area contributed by atoms with E-state index in [0.29, 0.717) is 5.88 Å². The van der Waals surface area contributed by atoms with Crippen LogP contribution in [0.25, 0.3) is 0 Å². The molecule has 0 N–H and O–H groups in total. The average molecular weight is 221 g/mol. The Kier molecular flexibility index (Phi) is 6.04. The summed E-state index contributed by atoms with van der Waals surface area (Å²) < 4.78 is 0. The van der Waals surface area contributed by atoms with Gasteiger partial charge in [-0.3, -0.25) is 4.98 Å². The summed E-state index contributed by atoms with van der Waals surface area (Å²) in [5.74, 6) is 0.487. The number of hydrogen-bond acceptors (Lipinski definition) is 2. The van der Waals surface area contributed by atoms with Crippen molar-refractivity contribution in [3.05, 3.63) is 29.6 Å². The van der Waals surface area contributed by atoms with Crippen LogP contribution in [0.3, 0.4) is 0 Å². The van der Waals surface area contributed by atoms with Crippen LogP contribution < -0.4 is 0 Å². The van der Waals surface area contributed by atoms with Crippen molar-refractivity contribution in [1.82, 2.24) is 9.88 Å². The molecule has 74 valence electrons. The van der Waals surface area contributed by atoms with E-state index >= 15 is 0 Å². The first-order valence-electron chi connectivity index (χ1n) is 3.87. The summed E-state index contributed by atoms with van der Waals surface area (Å²) in [6.45, 7) is 0.937. The first kappa shape index (κ1) is 12.7. The van der Waals surface area contributed by atoms with Crippen LogP contribution in [0.4, 0.5) is 0 Å². The number of aromatic nitrogens is 1. The Bertz CT molecular complexity index is 251. The molecule has 0 fully saturated rings. The molecule has 0 radical (unpaired) electrons. The zero-order valence-corrected chi connectivity index (χ0v) is 9.40. The standard InChI is InChI=1S/C9H13ClN2.ClH/c1-12(2)7-8-3-4-11-9(5-8)6-10;/h3-5H,6-7H2,1-2H3;1H. The highest BCUT2D eigenvalue weighted by molar-refractivity contribution is 6.16. The lowest BCUT2D eigenvalue weighted by molar-refractivity contribution is 0.402. The van der Waals surface area contributed by atoms with Crippen LogP contribution in [0.15, 0.2) is 18.3 Å². The van der Waals surface area contributed by atoms with E-state index in [-0.39, 0.29) is 12.4 Å². The molecule has 0 saturated heterocycles. The fourth-order valence-electron chi connectivity index (χ4n) is 1.06. The second-order valence-electron chi connectivity index (χ2n) is 3.03. The van der Waals surface area contributed by atoms with Gasteiger partial charge in [-0.1, -0.05) is 0 Å². The summed E-state index contributed by atoms with van der Waals surface area (Å²) in [7, 11) is 4.08. The van der Waals surface area contributed by atoms with Crippen LogP contribution >= 0.6 is 24.0 Å². The van der Waals surface area contributed by atoms with Crippen LogP contribution in [-0.4, -0.2) is 24.0 Å². The molecular formula is C9H14Cl2N2. The Morgan fingerprint density at radius 2 is 2.15 bits per heavy atom. The van der Waals surface area contributed by atoms with E-state index in [0.717, 1.165) is 12.2 Å². The lowest BCUT2D eigenvalue weighted by atomic mass is 10.2. The molecule has 0 atom stereocenters. The Morgan fingerprint density at radius 1 is 1.46 bits per heavy atom. The lowest BCUT2D eigenvalue weighted by Crippen LogP contribution is -2.10. The quantitative estimate of drug-likeness (QED) is 0.728. The molecule has 2 nitrogen and oxygen atoms in total. The van der Waals surface area contributed by atoms with E-state index < -0.39 is 0 Å². The van der Waals surface area contributed by atoms with Gasteiger partial charge in [0.05, 0.1) is 11.6 Å².